The van der Waals surface area contributed by atoms with Crippen LogP contribution in [0, 0.1) is 5.92 Å². The van der Waals surface area contributed by atoms with Crippen LogP contribution in [0.1, 0.15) is 20.8 Å². The molecule has 0 spiro atoms. The summed E-state index contributed by atoms with van der Waals surface area (Å²) in [7, 11) is 0. The number of carbonyl (C=O) groups is 3. The molecule has 1 aromatic rings. The van der Waals surface area contributed by atoms with Crippen LogP contribution in [0.15, 0.2) is 28.7 Å². The van der Waals surface area contributed by atoms with Gasteiger partial charge in [0, 0.05) is 4.47 Å². The number of hydrogen-bond acceptors (Lipinski definition) is 5. The van der Waals surface area contributed by atoms with Crippen molar-refractivity contribution in [2.75, 3.05) is 0 Å². The van der Waals surface area contributed by atoms with Crippen LogP contribution >= 0.6 is 15.9 Å². The lowest BCUT2D eigenvalue weighted by Crippen LogP contribution is -2.46. The van der Waals surface area contributed by atoms with Gasteiger partial charge in [-0.15, -0.1) is 0 Å². The summed E-state index contributed by atoms with van der Waals surface area (Å²) >= 11 is 3.30. The van der Waals surface area contributed by atoms with E-state index >= 15 is 0 Å². The summed E-state index contributed by atoms with van der Waals surface area (Å²) in [6.45, 7) is 4.87. The lowest BCUT2D eigenvalue weighted by Gasteiger charge is -2.22. The first-order valence-corrected chi connectivity index (χ1v) is 7.73. The van der Waals surface area contributed by atoms with Crippen LogP contribution in [-0.2, 0) is 14.3 Å². The molecule has 0 bridgehead atoms. The third-order valence-electron chi connectivity index (χ3n) is 2.81. The predicted molar refractivity (Wildman–Crippen MR) is 86.7 cm³/mol. The largest absolute Gasteiger partial charge is 0.479 e. The lowest BCUT2D eigenvalue weighted by atomic mass is 10.1. The number of hydrogen-bond donors (Lipinski definition) is 2. The summed E-state index contributed by atoms with van der Waals surface area (Å²) in [4.78, 5) is 34.6. The first-order chi connectivity index (χ1) is 10.7. The van der Waals surface area contributed by atoms with Gasteiger partial charge in [-0.2, -0.15) is 0 Å². The molecule has 0 fully saturated rings. The van der Waals surface area contributed by atoms with Crippen LogP contribution in [0.25, 0.3) is 0 Å². The number of rotatable bonds is 6. The van der Waals surface area contributed by atoms with E-state index in [2.05, 4.69) is 15.9 Å². The number of ether oxygens (including phenoxy) is 2. The first-order valence-electron chi connectivity index (χ1n) is 6.93. The van der Waals surface area contributed by atoms with Gasteiger partial charge in [0.25, 0.3) is 5.91 Å². The molecule has 0 saturated carbocycles. The Labute approximate surface area is 142 Å². The number of halogens is 1. The second kappa shape index (κ2) is 8.52. The van der Waals surface area contributed by atoms with Crippen LogP contribution in [0.3, 0.4) is 0 Å². The van der Waals surface area contributed by atoms with Crippen molar-refractivity contribution >= 4 is 33.8 Å². The summed E-state index contributed by atoms with van der Waals surface area (Å²) in [5.41, 5.74) is 4.90. The van der Waals surface area contributed by atoms with Gasteiger partial charge in [0.1, 0.15) is 5.75 Å². The van der Waals surface area contributed by atoms with Crippen molar-refractivity contribution < 1.29 is 23.9 Å². The Bertz CT molecular complexity index is 574. The molecule has 0 radical (unpaired) electrons. The van der Waals surface area contributed by atoms with E-state index in [1.807, 2.05) is 5.32 Å². The molecular formula is C15H19BrN2O5. The maximum atomic E-state index is 12.1. The van der Waals surface area contributed by atoms with Gasteiger partial charge >= 0.3 is 12.0 Å². The smallest absolute Gasteiger partial charge is 0.347 e. The number of primary amides is 1. The van der Waals surface area contributed by atoms with E-state index < -0.39 is 30.1 Å². The van der Waals surface area contributed by atoms with E-state index in [1.54, 1.807) is 38.1 Å². The Kier molecular flexibility index (Phi) is 7.02. The second-order valence-corrected chi connectivity index (χ2v) is 6.08. The van der Waals surface area contributed by atoms with Crippen molar-refractivity contribution in [1.29, 1.82) is 0 Å². The fourth-order valence-electron chi connectivity index (χ4n) is 1.67. The maximum absolute atomic E-state index is 12.1. The molecule has 0 aromatic heterocycles. The Morgan fingerprint density at radius 2 is 1.70 bits per heavy atom. The van der Waals surface area contributed by atoms with E-state index in [0.717, 1.165) is 4.47 Å². The lowest BCUT2D eigenvalue weighted by molar-refractivity contribution is -0.164. The number of imide groups is 1. The number of nitrogens with two attached hydrogens (primary N) is 1. The van der Waals surface area contributed by atoms with Crippen molar-refractivity contribution in [2.45, 2.75) is 33.0 Å². The summed E-state index contributed by atoms with van der Waals surface area (Å²) in [5, 5.41) is 1.90. The van der Waals surface area contributed by atoms with E-state index in [1.165, 1.54) is 6.92 Å². The molecule has 7 nitrogen and oxygen atoms in total. The molecule has 0 unspecified atom stereocenters. The van der Waals surface area contributed by atoms with Gasteiger partial charge in [-0.25, -0.2) is 9.59 Å². The Morgan fingerprint density at radius 1 is 1.13 bits per heavy atom. The van der Waals surface area contributed by atoms with Gasteiger partial charge in [-0.1, -0.05) is 29.8 Å². The van der Waals surface area contributed by atoms with Gasteiger partial charge in [-0.3, -0.25) is 10.1 Å². The molecule has 126 valence electrons. The molecule has 0 saturated heterocycles. The minimum atomic E-state index is -1.13. The molecule has 2 atom stereocenters. The third-order valence-corrected chi connectivity index (χ3v) is 3.34. The number of urea groups is 1. The summed E-state index contributed by atoms with van der Waals surface area (Å²) in [6, 6.07) is 5.91. The Balaban J connectivity index is 2.68. The molecule has 0 aliphatic heterocycles. The number of carbonyl (C=O) groups excluding carboxylic acids is 3. The quantitative estimate of drug-likeness (QED) is 0.726. The number of esters is 1. The zero-order chi connectivity index (χ0) is 17.6. The summed E-state index contributed by atoms with van der Waals surface area (Å²) in [6.07, 6.45) is -2.05. The molecule has 1 rings (SSSR count). The van der Waals surface area contributed by atoms with Crippen LogP contribution in [0.5, 0.6) is 5.75 Å². The number of nitrogens with one attached hydrogen (secondary N) is 1. The van der Waals surface area contributed by atoms with Crippen molar-refractivity contribution in [2.24, 2.45) is 11.7 Å². The monoisotopic (exact) mass is 386 g/mol. The van der Waals surface area contributed by atoms with Gasteiger partial charge in [0.05, 0.1) is 0 Å². The van der Waals surface area contributed by atoms with Gasteiger partial charge in [0.2, 0.25) is 0 Å². The highest BCUT2D eigenvalue weighted by molar-refractivity contribution is 9.10. The molecule has 3 N–H and O–H groups in total. The van der Waals surface area contributed by atoms with Gasteiger partial charge < -0.3 is 15.2 Å². The fraction of sp³-hybridized carbons (Fsp3) is 0.400. The Morgan fingerprint density at radius 3 is 2.17 bits per heavy atom. The summed E-state index contributed by atoms with van der Waals surface area (Å²) < 4.78 is 11.5. The van der Waals surface area contributed by atoms with Crippen LogP contribution in [0.2, 0.25) is 0 Å². The Hall–Kier alpha value is -2.09. The molecule has 0 aliphatic rings. The normalized spacial score (nSPS) is 13.1. The zero-order valence-electron chi connectivity index (χ0n) is 13.0. The van der Waals surface area contributed by atoms with Crippen LogP contribution in [-0.4, -0.2) is 30.1 Å². The highest BCUT2D eigenvalue weighted by Crippen LogP contribution is 2.18. The molecule has 0 aliphatic carbocycles. The minimum absolute atomic E-state index is 0.335. The molecule has 1 aromatic carbocycles. The average molecular weight is 387 g/mol. The van der Waals surface area contributed by atoms with Gasteiger partial charge in [-0.05, 0) is 37.1 Å². The van der Waals surface area contributed by atoms with Crippen molar-refractivity contribution in [3.05, 3.63) is 28.7 Å². The maximum Gasteiger partial charge on any atom is 0.347 e. The van der Waals surface area contributed by atoms with Crippen molar-refractivity contribution in [3.63, 3.8) is 0 Å². The molecule has 23 heavy (non-hydrogen) atoms. The van der Waals surface area contributed by atoms with Crippen LogP contribution in [0.4, 0.5) is 4.79 Å². The summed E-state index contributed by atoms with van der Waals surface area (Å²) in [5.74, 6) is -1.33. The predicted octanol–water partition coefficient (Wildman–Crippen LogP) is 1.98. The van der Waals surface area contributed by atoms with Crippen LogP contribution < -0.4 is 15.8 Å². The fourth-order valence-corrected chi connectivity index (χ4v) is 1.94. The highest BCUT2D eigenvalue weighted by atomic mass is 79.9. The zero-order valence-corrected chi connectivity index (χ0v) is 14.6. The average Bonchev–Trinajstić information content (AvgIpc) is 2.45. The van der Waals surface area contributed by atoms with E-state index in [-0.39, 0.29) is 5.92 Å². The number of benzene rings is 1. The standard InChI is InChI=1S/C15H19BrN2O5/c1-8(2)12(13(19)18-15(17)21)23-14(20)9(3)22-11-6-4-10(16)5-7-11/h4-9,12H,1-3H3,(H3,17,18,19,21)/t9-,12+/m0/s1. The molecule has 3 amide bonds. The number of amides is 3. The van der Waals surface area contributed by atoms with E-state index in [0.29, 0.717) is 5.75 Å². The molecule has 8 heteroatoms. The molecule has 0 heterocycles. The van der Waals surface area contributed by atoms with Crippen molar-refractivity contribution in [3.8, 4) is 5.75 Å². The van der Waals surface area contributed by atoms with Crippen molar-refractivity contribution in [1.82, 2.24) is 5.32 Å². The SMILES string of the molecule is CC(C)[C@@H](OC(=O)[C@H](C)Oc1ccc(Br)cc1)C(=O)NC(N)=O. The topological polar surface area (TPSA) is 108 Å². The minimum Gasteiger partial charge on any atom is -0.479 e. The van der Waals surface area contributed by atoms with Gasteiger partial charge in [0.15, 0.2) is 12.2 Å². The first kappa shape index (κ1) is 19.0. The second-order valence-electron chi connectivity index (χ2n) is 5.17. The highest BCUT2D eigenvalue weighted by Gasteiger charge is 2.30. The van der Waals surface area contributed by atoms with E-state index in [4.69, 9.17) is 15.2 Å². The van der Waals surface area contributed by atoms with E-state index in [9.17, 15) is 14.4 Å². The third kappa shape index (κ3) is 6.27. The molecular weight excluding hydrogens is 368 g/mol.